The summed E-state index contributed by atoms with van der Waals surface area (Å²) in [5, 5.41) is 3.58. The molecule has 0 unspecified atom stereocenters. The topological polar surface area (TPSA) is 80.2 Å². The van der Waals surface area contributed by atoms with Gasteiger partial charge in [0.2, 0.25) is 0 Å². The summed E-state index contributed by atoms with van der Waals surface area (Å²) >= 11 is 6.06. The van der Waals surface area contributed by atoms with Gasteiger partial charge in [-0.25, -0.2) is 9.97 Å². The highest BCUT2D eigenvalue weighted by molar-refractivity contribution is 6.30. The summed E-state index contributed by atoms with van der Waals surface area (Å²) in [4.78, 5) is 28.9. The fraction of sp³-hybridized carbons (Fsp3) is 0.304. The van der Waals surface area contributed by atoms with E-state index in [0.717, 1.165) is 11.3 Å². The molecule has 1 aliphatic heterocycles. The monoisotopic (exact) mass is 437 g/mol. The largest absolute Gasteiger partial charge is 0.378 e. The second kappa shape index (κ2) is 9.41. The van der Waals surface area contributed by atoms with Crippen LogP contribution in [0.1, 0.15) is 35.8 Å². The molecule has 31 heavy (non-hydrogen) atoms. The van der Waals surface area contributed by atoms with Crippen LogP contribution in [0.15, 0.2) is 48.9 Å². The molecule has 1 amide bonds. The number of rotatable bonds is 5. The molecular weight excluding hydrogens is 414 g/mol. The number of ether oxygens (including phenoxy) is 1. The van der Waals surface area contributed by atoms with Crippen LogP contribution in [0.5, 0.6) is 0 Å². The van der Waals surface area contributed by atoms with Crippen LogP contribution in [-0.2, 0) is 4.74 Å². The second-order valence-corrected chi connectivity index (χ2v) is 8.04. The highest BCUT2D eigenvalue weighted by Gasteiger charge is 2.25. The lowest BCUT2D eigenvalue weighted by Crippen LogP contribution is -2.38. The molecule has 0 saturated carbocycles. The van der Waals surface area contributed by atoms with Gasteiger partial charge in [0.1, 0.15) is 17.7 Å². The highest BCUT2D eigenvalue weighted by atomic mass is 35.5. The van der Waals surface area contributed by atoms with E-state index >= 15 is 0 Å². The molecule has 1 saturated heterocycles. The molecule has 0 radical (unpaired) electrons. The third kappa shape index (κ3) is 4.84. The van der Waals surface area contributed by atoms with Crippen LogP contribution in [0, 0.1) is 0 Å². The van der Waals surface area contributed by atoms with Gasteiger partial charge in [0.25, 0.3) is 5.91 Å². The zero-order valence-electron chi connectivity index (χ0n) is 17.5. The van der Waals surface area contributed by atoms with Crippen LogP contribution >= 0.6 is 11.6 Å². The predicted octanol–water partition coefficient (Wildman–Crippen LogP) is 4.40. The van der Waals surface area contributed by atoms with E-state index in [1.165, 1.54) is 6.33 Å². The smallest absolute Gasteiger partial charge is 0.261 e. The summed E-state index contributed by atoms with van der Waals surface area (Å²) in [5.74, 6) is 0.621. The quantitative estimate of drug-likeness (QED) is 0.637. The molecule has 8 heteroatoms. The molecule has 0 atom stereocenters. The maximum atomic E-state index is 13.5. The van der Waals surface area contributed by atoms with Crippen molar-refractivity contribution in [2.45, 2.75) is 19.8 Å². The number of carbonyl (C=O) groups excluding carboxylic acids is 1. The lowest BCUT2D eigenvalue weighted by molar-refractivity contribution is 0.102. The molecule has 4 rings (SSSR count). The molecule has 7 nitrogen and oxygen atoms in total. The van der Waals surface area contributed by atoms with E-state index in [-0.39, 0.29) is 5.91 Å². The zero-order chi connectivity index (χ0) is 21.8. The Labute approximate surface area is 186 Å². The molecule has 3 aromatic rings. The van der Waals surface area contributed by atoms with Gasteiger partial charge < -0.3 is 15.0 Å². The molecule has 1 N–H and O–H groups in total. The van der Waals surface area contributed by atoms with Crippen LogP contribution < -0.4 is 10.2 Å². The SMILES string of the molecule is CC(C)c1ccc(NC(=O)c2c(-c3ccc(Cl)cc3)ncnc2N2CCOCC2)cn1. The van der Waals surface area contributed by atoms with Gasteiger partial charge in [-0.15, -0.1) is 0 Å². The van der Waals surface area contributed by atoms with Gasteiger partial charge in [0.05, 0.1) is 30.8 Å². The number of halogens is 1. The number of hydrogen-bond acceptors (Lipinski definition) is 6. The first kappa shape index (κ1) is 21.2. The van der Waals surface area contributed by atoms with Crippen LogP contribution in [0.3, 0.4) is 0 Å². The summed E-state index contributed by atoms with van der Waals surface area (Å²) < 4.78 is 5.47. The van der Waals surface area contributed by atoms with E-state index in [2.05, 4.69) is 39.0 Å². The molecule has 0 bridgehead atoms. The molecule has 1 fully saturated rings. The Morgan fingerprint density at radius 1 is 1.06 bits per heavy atom. The second-order valence-electron chi connectivity index (χ2n) is 7.61. The zero-order valence-corrected chi connectivity index (χ0v) is 18.3. The number of anilines is 2. The molecule has 2 aromatic heterocycles. The predicted molar refractivity (Wildman–Crippen MR) is 122 cm³/mol. The van der Waals surface area contributed by atoms with E-state index in [1.807, 2.05) is 24.3 Å². The molecule has 1 aromatic carbocycles. The normalized spacial score (nSPS) is 14.0. The number of amides is 1. The van der Waals surface area contributed by atoms with E-state index < -0.39 is 0 Å². The lowest BCUT2D eigenvalue weighted by atomic mass is 10.0. The molecule has 1 aliphatic rings. The number of nitrogens with one attached hydrogen (secondary N) is 1. The van der Waals surface area contributed by atoms with Gasteiger partial charge in [-0.1, -0.05) is 37.6 Å². The van der Waals surface area contributed by atoms with E-state index in [1.54, 1.807) is 18.3 Å². The fourth-order valence-corrected chi connectivity index (χ4v) is 3.57. The first-order chi connectivity index (χ1) is 15.0. The van der Waals surface area contributed by atoms with E-state index in [0.29, 0.717) is 60.0 Å². The van der Waals surface area contributed by atoms with Crippen molar-refractivity contribution in [1.29, 1.82) is 0 Å². The van der Waals surface area contributed by atoms with Gasteiger partial charge in [-0.3, -0.25) is 9.78 Å². The fourth-order valence-electron chi connectivity index (χ4n) is 3.44. The Morgan fingerprint density at radius 3 is 2.45 bits per heavy atom. The number of morpholine rings is 1. The maximum Gasteiger partial charge on any atom is 0.261 e. The van der Waals surface area contributed by atoms with Crippen molar-refractivity contribution in [1.82, 2.24) is 15.0 Å². The molecule has 160 valence electrons. The summed E-state index contributed by atoms with van der Waals surface area (Å²) in [6.07, 6.45) is 3.16. The summed E-state index contributed by atoms with van der Waals surface area (Å²) in [6, 6.07) is 11.0. The Morgan fingerprint density at radius 2 is 1.81 bits per heavy atom. The maximum absolute atomic E-state index is 13.5. The Kier molecular flexibility index (Phi) is 6.44. The highest BCUT2D eigenvalue weighted by Crippen LogP contribution is 2.30. The van der Waals surface area contributed by atoms with Crippen LogP contribution in [-0.4, -0.2) is 47.2 Å². The Hall–Kier alpha value is -3.03. The van der Waals surface area contributed by atoms with Gasteiger partial charge in [0, 0.05) is 29.4 Å². The third-order valence-corrected chi connectivity index (χ3v) is 5.37. The van der Waals surface area contributed by atoms with E-state index in [4.69, 9.17) is 16.3 Å². The van der Waals surface area contributed by atoms with Crippen molar-refractivity contribution in [3.8, 4) is 11.3 Å². The summed E-state index contributed by atoms with van der Waals surface area (Å²) in [5.41, 5.74) is 3.35. The Bertz CT molecular complexity index is 1050. The van der Waals surface area contributed by atoms with Gasteiger partial charge in [-0.05, 0) is 30.2 Å². The van der Waals surface area contributed by atoms with Crippen LogP contribution in [0.25, 0.3) is 11.3 Å². The van der Waals surface area contributed by atoms with Crippen LogP contribution in [0.4, 0.5) is 11.5 Å². The van der Waals surface area contributed by atoms with Crippen molar-refractivity contribution < 1.29 is 9.53 Å². The van der Waals surface area contributed by atoms with Crippen molar-refractivity contribution in [2.24, 2.45) is 0 Å². The van der Waals surface area contributed by atoms with E-state index in [9.17, 15) is 4.79 Å². The number of benzene rings is 1. The minimum atomic E-state index is -0.286. The van der Waals surface area contributed by atoms with Crippen molar-refractivity contribution in [2.75, 3.05) is 36.5 Å². The first-order valence-corrected chi connectivity index (χ1v) is 10.6. The minimum Gasteiger partial charge on any atom is -0.378 e. The Balaban J connectivity index is 1.73. The van der Waals surface area contributed by atoms with Gasteiger partial charge in [-0.2, -0.15) is 0 Å². The lowest BCUT2D eigenvalue weighted by Gasteiger charge is -2.29. The summed E-state index contributed by atoms with van der Waals surface area (Å²) in [6.45, 7) is 6.64. The van der Waals surface area contributed by atoms with Crippen molar-refractivity contribution in [3.63, 3.8) is 0 Å². The third-order valence-electron chi connectivity index (χ3n) is 5.12. The number of pyridine rings is 1. The molecular formula is C23H24ClN5O2. The van der Waals surface area contributed by atoms with Crippen molar-refractivity contribution >= 4 is 29.0 Å². The average molecular weight is 438 g/mol. The number of aromatic nitrogens is 3. The minimum absolute atomic E-state index is 0.286. The standard InChI is InChI=1S/C23H24ClN5O2/c1-15(2)19-8-7-18(13-25-19)28-23(30)20-21(16-3-5-17(24)6-4-16)26-14-27-22(20)29-9-11-31-12-10-29/h3-8,13-15H,9-12H2,1-2H3,(H,28,30). The van der Waals surface area contributed by atoms with Gasteiger partial charge >= 0.3 is 0 Å². The first-order valence-electron chi connectivity index (χ1n) is 10.2. The number of nitrogens with zero attached hydrogens (tertiary/aromatic N) is 4. The van der Waals surface area contributed by atoms with Gasteiger partial charge in [0.15, 0.2) is 0 Å². The summed E-state index contributed by atoms with van der Waals surface area (Å²) in [7, 11) is 0. The van der Waals surface area contributed by atoms with Crippen LogP contribution in [0.2, 0.25) is 5.02 Å². The average Bonchev–Trinajstić information content (AvgIpc) is 2.80. The van der Waals surface area contributed by atoms with Crippen molar-refractivity contribution in [3.05, 3.63) is 65.2 Å². The molecule has 0 spiro atoms. The molecule has 3 heterocycles. The number of hydrogen-bond donors (Lipinski definition) is 1. The molecule has 0 aliphatic carbocycles. The number of carbonyl (C=O) groups is 1.